The van der Waals surface area contributed by atoms with Crippen molar-refractivity contribution in [2.24, 2.45) is 0 Å². The first kappa shape index (κ1) is 9.46. The van der Waals surface area contributed by atoms with E-state index in [0.29, 0.717) is 0 Å². The molecule has 1 rings (SSSR count). The number of thioether (sulfide) groups is 1. The van der Waals surface area contributed by atoms with Crippen LogP contribution in [0.1, 0.15) is 5.56 Å². The largest absolute Gasteiger partial charge is 0.377 e. The van der Waals surface area contributed by atoms with Crippen molar-refractivity contribution in [2.75, 3.05) is 25.3 Å². The molecule has 2 heteroatoms. The van der Waals surface area contributed by atoms with E-state index in [1.54, 1.807) is 11.8 Å². The van der Waals surface area contributed by atoms with Gasteiger partial charge in [-0.2, -0.15) is 0 Å². The van der Waals surface area contributed by atoms with Crippen LogP contribution in [-0.2, 0) is 0 Å². The summed E-state index contributed by atoms with van der Waals surface area (Å²) in [6.45, 7) is 2.15. The Labute approximate surface area is 78.8 Å². The van der Waals surface area contributed by atoms with Crippen molar-refractivity contribution in [3.05, 3.63) is 23.8 Å². The average Bonchev–Trinajstić information content (AvgIpc) is 2.03. The number of rotatable bonds is 2. The quantitative estimate of drug-likeness (QED) is 0.645. The number of aryl methyl sites for hydroxylation is 1. The molecule has 0 aliphatic carbocycles. The van der Waals surface area contributed by atoms with Crippen LogP contribution < -0.4 is 4.90 Å². The third-order valence-corrected chi connectivity index (χ3v) is 2.61. The molecule has 0 aliphatic heterocycles. The lowest BCUT2D eigenvalue weighted by Gasteiger charge is -2.15. The summed E-state index contributed by atoms with van der Waals surface area (Å²) in [7, 11) is 4.14. The van der Waals surface area contributed by atoms with E-state index in [1.807, 2.05) is 0 Å². The van der Waals surface area contributed by atoms with E-state index in [0.717, 1.165) is 0 Å². The maximum atomic E-state index is 2.22. The Hall–Kier alpha value is -0.630. The first-order valence-corrected chi connectivity index (χ1v) is 5.19. The summed E-state index contributed by atoms with van der Waals surface area (Å²) >= 11 is 1.78. The van der Waals surface area contributed by atoms with Crippen LogP contribution in [0.3, 0.4) is 0 Å². The fourth-order valence-corrected chi connectivity index (χ4v) is 1.76. The van der Waals surface area contributed by atoms with E-state index in [-0.39, 0.29) is 0 Å². The molecule has 0 spiro atoms. The van der Waals surface area contributed by atoms with Crippen molar-refractivity contribution in [1.29, 1.82) is 0 Å². The lowest BCUT2D eigenvalue weighted by atomic mass is 10.2. The van der Waals surface area contributed by atoms with Gasteiger partial charge in [-0.1, -0.05) is 0 Å². The summed E-state index contributed by atoms with van der Waals surface area (Å²) in [4.78, 5) is 3.47. The van der Waals surface area contributed by atoms with E-state index in [9.17, 15) is 0 Å². The van der Waals surface area contributed by atoms with Crippen LogP contribution in [-0.4, -0.2) is 20.4 Å². The zero-order chi connectivity index (χ0) is 9.14. The number of hydrogen-bond donors (Lipinski definition) is 0. The van der Waals surface area contributed by atoms with Gasteiger partial charge >= 0.3 is 0 Å². The predicted molar refractivity (Wildman–Crippen MR) is 57.3 cm³/mol. The summed E-state index contributed by atoms with van der Waals surface area (Å²) < 4.78 is 0. The summed E-state index contributed by atoms with van der Waals surface area (Å²) in [5.41, 5.74) is 2.64. The Morgan fingerprint density at radius 3 is 2.33 bits per heavy atom. The summed E-state index contributed by atoms with van der Waals surface area (Å²) in [5, 5.41) is 0. The van der Waals surface area contributed by atoms with Crippen molar-refractivity contribution in [3.8, 4) is 0 Å². The summed E-state index contributed by atoms with van der Waals surface area (Å²) in [6.07, 6.45) is 2.10. The Morgan fingerprint density at radius 2 is 1.92 bits per heavy atom. The average molecular weight is 181 g/mol. The molecule has 0 bridgehead atoms. The van der Waals surface area contributed by atoms with Gasteiger partial charge in [0, 0.05) is 24.7 Å². The number of benzene rings is 1. The second-order valence-corrected chi connectivity index (χ2v) is 3.93. The maximum Gasteiger partial charge on any atom is 0.0391 e. The number of anilines is 1. The molecule has 0 atom stereocenters. The molecule has 0 saturated heterocycles. The molecule has 0 N–H and O–H groups in total. The molecule has 1 nitrogen and oxygen atoms in total. The Morgan fingerprint density at radius 1 is 1.25 bits per heavy atom. The molecule has 0 radical (unpaired) electrons. The van der Waals surface area contributed by atoms with E-state index in [2.05, 4.69) is 50.4 Å². The first-order valence-electron chi connectivity index (χ1n) is 3.97. The summed E-state index contributed by atoms with van der Waals surface area (Å²) in [6, 6.07) is 6.55. The lowest BCUT2D eigenvalue weighted by Crippen LogP contribution is -2.09. The molecule has 1 aromatic rings. The maximum absolute atomic E-state index is 2.22. The Kier molecular flexibility index (Phi) is 3.04. The van der Waals surface area contributed by atoms with Gasteiger partial charge < -0.3 is 4.90 Å². The van der Waals surface area contributed by atoms with E-state index in [1.165, 1.54) is 16.1 Å². The van der Waals surface area contributed by atoms with Crippen LogP contribution >= 0.6 is 11.8 Å². The van der Waals surface area contributed by atoms with Crippen LogP contribution in [0.4, 0.5) is 5.69 Å². The Bertz CT molecular complexity index is 269. The zero-order valence-corrected chi connectivity index (χ0v) is 8.90. The van der Waals surface area contributed by atoms with Gasteiger partial charge in [-0.3, -0.25) is 0 Å². The zero-order valence-electron chi connectivity index (χ0n) is 8.09. The van der Waals surface area contributed by atoms with Gasteiger partial charge in [0.1, 0.15) is 0 Å². The molecule has 0 unspecified atom stereocenters. The van der Waals surface area contributed by atoms with Crippen LogP contribution in [0.15, 0.2) is 23.1 Å². The highest BCUT2D eigenvalue weighted by Crippen LogP contribution is 2.23. The highest BCUT2D eigenvalue weighted by Gasteiger charge is 2.00. The molecular weight excluding hydrogens is 166 g/mol. The fraction of sp³-hybridized carbons (Fsp3) is 0.400. The molecule has 0 heterocycles. The van der Waals surface area contributed by atoms with Gasteiger partial charge in [-0.15, -0.1) is 11.8 Å². The van der Waals surface area contributed by atoms with Gasteiger partial charge in [-0.05, 0) is 36.9 Å². The van der Waals surface area contributed by atoms with Crippen LogP contribution in [0.5, 0.6) is 0 Å². The van der Waals surface area contributed by atoms with Crippen LogP contribution in [0, 0.1) is 6.92 Å². The molecule has 12 heavy (non-hydrogen) atoms. The molecule has 0 aromatic heterocycles. The monoisotopic (exact) mass is 181 g/mol. The van der Waals surface area contributed by atoms with Crippen molar-refractivity contribution in [2.45, 2.75) is 11.8 Å². The van der Waals surface area contributed by atoms with Crippen molar-refractivity contribution in [3.63, 3.8) is 0 Å². The van der Waals surface area contributed by atoms with Crippen LogP contribution in [0.2, 0.25) is 0 Å². The third-order valence-electron chi connectivity index (χ3n) is 1.89. The third kappa shape index (κ3) is 1.95. The second-order valence-electron chi connectivity index (χ2n) is 3.05. The van der Waals surface area contributed by atoms with E-state index < -0.39 is 0 Å². The Balaban J connectivity index is 3.03. The van der Waals surface area contributed by atoms with E-state index in [4.69, 9.17) is 0 Å². The molecule has 0 aliphatic rings. The standard InChI is InChI=1S/C10H15NS/c1-8-7-9(12-4)5-6-10(8)11(2)3/h5-7H,1-4H3. The smallest absolute Gasteiger partial charge is 0.0391 e. The normalized spacial score (nSPS) is 10.0. The molecular formula is C10H15NS. The molecule has 0 fully saturated rings. The lowest BCUT2D eigenvalue weighted by molar-refractivity contribution is 1.11. The van der Waals surface area contributed by atoms with Gasteiger partial charge in [0.15, 0.2) is 0 Å². The minimum absolute atomic E-state index is 1.30. The summed E-state index contributed by atoms with van der Waals surface area (Å²) in [5.74, 6) is 0. The molecule has 0 saturated carbocycles. The topological polar surface area (TPSA) is 3.24 Å². The minimum Gasteiger partial charge on any atom is -0.377 e. The van der Waals surface area contributed by atoms with Gasteiger partial charge in [0.2, 0.25) is 0 Å². The molecule has 1 aromatic carbocycles. The number of hydrogen-bond acceptors (Lipinski definition) is 2. The van der Waals surface area contributed by atoms with Gasteiger partial charge in [-0.25, -0.2) is 0 Å². The van der Waals surface area contributed by atoms with Crippen molar-refractivity contribution in [1.82, 2.24) is 0 Å². The second kappa shape index (κ2) is 3.85. The molecule has 66 valence electrons. The van der Waals surface area contributed by atoms with Gasteiger partial charge in [0.25, 0.3) is 0 Å². The predicted octanol–water partition coefficient (Wildman–Crippen LogP) is 2.78. The van der Waals surface area contributed by atoms with E-state index >= 15 is 0 Å². The SMILES string of the molecule is CSc1ccc(N(C)C)c(C)c1. The highest BCUT2D eigenvalue weighted by atomic mass is 32.2. The van der Waals surface area contributed by atoms with Gasteiger partial charge in [0.05, 0.1) is 0 Å². The van der Waals surface area contributed by atoms with Crippen LogP contribution in [0.25, 0.3) is 0 Å². The molecule has 0 amide bonds. The highest BCUT2D eigenvalue weighted by molar-refractivity contribution is 7.98. The first-order chi connectivity index (χ1) is 5.65. The minimum atomic E-state index is 1.30. The number of nitrogens with zero attached hydrogens (tertiary/aromatic N) is 1. The fourth-order valence-electron chi connectivity index (χ4n) is 1.26. The van der Waals surface area contributed by atoms with Crippen molar-refractivity contribution >= 4 is 17.4 Å². The van der Waals surface area contributed by atoms with Crippen molar-refractivity contribution < 1.29 is 0 Å².